The Balaban J connectivity index is 1.88. The normalized spacial score (nSPS) is 15.0. The van der Waals surface area contributed by atoms with Gasteiger partial charge in [0.15, 0.2) is 0 Å². The minimum Gasteiger partial charge on any atom is -0.352 e. The molecule has 0 unspecified atom stereocenters. The van der Waals surface area contributed by atoms with Gasteiger partial charge in [0.1, 0.15) is 6.04 Å². The molecule has 0 radical (unpaired) electrons. The molecule has 2 amide bonds. The van der Waals surface area contributed by atoms with Crippen LogP contribution in [0, 0.1) is 6.92 Å². The lowest BCUT2D eigenvalue weighted by Crippen LogP contribution is -2.52. The lowest BCUT2D eigenvalue weighted by Gasteiger charge is -2.32. The summed E-state index contributed by atoms with van der Waals surface area (Å²) in [6.07, 6.45) is 6.14. The summed E-state index contributed by atoms with van der Waals surface area (Å²) in [5.41, 5.74) is 3.29. The minimum absolute atomic E-state index is 0.0251. The summed E-state index contributed by atoms with van der Waals surface area (Å²) in [6, 6.07) is 17.9. The second-order valence-electron chi connectivity index (χ2n) is 8.46. The average Bonchev–Trinajstić information content (AvgIpc) is 3.24. The Labute approximate surface area is 180 Å². The molecule has 1 N–H and O–H groups in total. The first-order valence-corrected chi connectivity index (χ1v) is 11.3. The second-order valence-corrected chi connectivity index (χ2v) is 8.46. The number of nitrogens with one attached hydrogen (secondary N) is 1. The topological polar surface area (TPSA) is 49.4 Å². The van der Waals surface area contributed by atoms with Gasteiger partial charge >= 0.3 is 0 Å². The van der Waals surface area contributed by atoms with Gasteiger partial charge in [-0.2, -0.15) is 0 Å². The van der Waals surface area contributed by atoms with Gasteiger partial charge in [0, 0.05) is 25.4 Å². The third-order valence-corrected chi connectivity index (χ3v) is 5.87. The number of hydrogen-bond donors (Lipinski definition) is 1. The van der Waals surface area contributed by atoms with Gasteiger partial charge in [0.25, 0.3) is 0 Å². The van der Waals surface area contributed by atoms with E-state index in [1.165, 1.54) is 0 Å². The summed E-state index contributed by atoms with van der Waals surface area (Å²) in [4.78, 5) is 28.4. The van der Waals surface area contributed by atoms with Crippen molar-refractivity contribution in [1.29, 1.82) is 0 Å². The number of benzene rings is 2. The molecule has 30 heavy (non-hydrogen) atoms. The standard InChI is InChI=1S/C26H34N2O2/c1-3-10-25(29)28(19-22-14-9-11-20(2)17-22)24(18-21-12-5-4-6-13-21)26(30)27-23-15-7-8-16-23/h4-6,9,11-14,17,23-24H,3,7-8,10,15-16,18-19H2,1-2H3,(H,27,30)/t24-/m0/s1. The zero-order valence-electron chi connectivity index (χ0n) is 18.3. The molecule has 1 aliphatic rings. The van der Waals surface area contributed by atoms with Crippen molar-refractivity contribution in [3.63, 3.8) is 0 Å². The molecular weight excluding hydrogens is 372 g/mol. The van der Waals surface area contributed by atoms with E-state index in [0.717, 1.165) is 48.8 Å². The van der Waals surface area contributed by atoms with Gasteiger partial charge in [-0.25, -0.2) is 0 Å². The van der Waals surface area contributed by atoms with Crippen LogP contribution in [-0.2, 0) is 22.6 Å². The number of nitrogens with zero attached hydrogens (tertiary/aromatic N) is 1. The zero-order valence-corrected chi connectivity index (χ0v) is 18.3. The van der Waals surface area contributed by atoms with E-state index in [1.54, 1.807) is 4.90 Å². The predicted octanol–water partition coefficient (Wildman–Crippen LogP) is 4.79. The first-order chi connectivity index (χ1) is 14.6. The van der Waals surface area contributed by atoms with Gasteiger partial charge in [0.05, 0.1) is 0 Å². The Morgan fingerprint density at radius 2 is 1.73 bits per heavy atom. The highest BCUT2D eigenvalue weighted by Gasteiger charge is 2.31. The largest absolute Gasteiger partial charge is 0.352 e. The predicted molar refractivity (Wildman–Crippen MR) is 121 cm³/mol. The summed E-state index contributed by atoms with van der Waals surface area (Å²) in [5, 5.41) is 3.24. The molecular formula is C26H34N2O2. The van der Waals surface area contributed by atoms with Gasteiger partial charge in [-0.05, 0) is 37.3 Å². The van der Waals surface area contributed by atoms with Gasteiger partial charge in [0.2, 0.25) is 11.8 Å². The van der Waals surface area contributed by atoms with Crippen LogP contribution in [0.5, 0.6) is 0 Å². The molecule has 4 nitrogen and oxygen atoms in total. The zero-order chi connectivity index (χ0) is 21.3. The summed E-state index contributed by atoms with van der Waals surface area (Å²) < 4.78 is 0. The highest BCUT2D eigenvalue weighted by atomic mass is 16.2. The van der Waals surface area contributed by atoms with Gasteiger partial charge in [-0.15, -0.1) is 0 Å². The lowest BCUT2D eigenvalue weighted by molar-refractivity contribution is -0.141. The highest BCUT2D eigenvalue weighted by Crippen LogP contribution is 2.20. The van der Waals surface area contributed by atoms with E-state index in [9.17, 15) is 9.59 Å². The molecule has 0 aliphatic heterocycles. The van der Waals surface area contributed by atoms with E-state index in [2.05, 4.69) is 24.4 Å². The van der Waals surface area contributed by atoms with Crippen molar-refractivity contribution in [3.8, 4) is 0 Å². The molecule has 2 aromatic rings. The molecule has 0 bridgehead atoms. The van der Waals surface area contributed by atoms with Crippen LogP contribution in [0.4, 0.5) is 0 Å². The van der Waals surface area contributed by atoms with Crippen LogP contribution in [0.2, 0.25) is 0 Å². The van der Waals surface area contributed by atoms with Crippen LogP contribution in [-0.4, -0.2) is 28.8 Å². The summed E-state index contributed by atoms with van der Waals surface area (Å²) in [7, 11) is 0. The third kappa shape index (κ3) is 6.19. The van der Waals surface area contributed by atoms with Crippen LogP contribution >= 0.6 is 0 Å². The van der Waals surface area contributed by atoms with Crippen molar-refractivity contribution >= 4 is 11.8 Å². The van der Waals surface area contributed by atoms with E-state index in [4.69, 9.17) is 0 Å². The van der Waals surface area contributed by atoms with E-state index in [1.807, 2.05) is 49.4 Å². The van der Waals surface area contributed by atoms with Crippen LogP contribution in [0.25, 0.3) is 0 Å². The smallest absolute Gasteiger partial charge is 0.243 e. The molecule has 1 fully saturated rings. The molecule has 0 heterocycles. The first kappa shape index (κ1) is 22.1. The maximum atomic E-state index is 13.4. The van der Waals surface area contributed by atoms with Gasteiger partial charge < -0.3 is 10.2 Å². The molecule has 160 valence electrons. The van der Waals surface area contributed by atoms with Gasteiger partial charge in [-0.3, -0.25) is 9.59 Å². The Hall–Kier alpha value is -2.62. The maximum Gasteiger partial charge on any atom is 0.243 e. The molecule has 1 saturated carbocycles. The van der Waals surface area contributed by atoms with Crippen molar-refractivity contribution in [1.82, 2.24) is 10.2 Å². The molecule has 1 aliphatic carbocycles. The fourth-order valence-corrected chi connectivity index (χ4v) is 4.29. The fraction of sp³-hybridized carbons (Fsp3) is 0.462. The molecule has 0 saturated heterocycles. The van der Waals surface area contributed by atoms with Crippen molar-refractivity contribution in [3.05, 3.63) is 71.3 Å². The number of aryl methyl sites for hydroxylation is 1. The molecule has 3 rings (SSSR count). The Kier molecular flexibility index (Phi) is 8.06. The number of carbonyl (C=O) groups is 2. The van der Waals surface area contributed by atoms with Crippen LogP contribution in [0.1, 0.15) is 62.1 Å². The van der Waals surface area contributed by atoms with Crippen molar-refractivity contribution in [2.45, 2.75) is 77.4 Å². The van der Waals surface area contributed by atoms with Crippen molar-refractivity contribution < 1.29 is 9.59 Å². The molecule has 4 heteroatoms. The molecule has 2 aromatic carbocycles. The van der Waals surface area contributed by atoms with E-state index in [0.29, 0.717) is 19.4 Å². The number of amides is 2. The van der Waals surface area contributed by atoms with Gasteiger partial charge in [-0.1, -0.05) is 79.9 Å². The Morgan fingerprint density at radius 3 is 2.40 bits per heavy atom. The quantitative estimate of drug-likeness (QED) is 0.651. The lowest BCUT2D eigenvalue weighted by atomic mass is 10.0. The first-order valence-electron chi connectivity index (χ1n) is 11.3. The number of rotatable bonds is 9. The molecule has 0 spiro atoms. The average molecular weight is 407 g/mol. The second kappa shape index (κ2) is 11.0. The summed E-state index contributed by atoms with van der Waals surface area (Å²) in [5.74, 6) is 0.0179. The fourth-order valence-electron chi connectivity index (χ4n) is 4.29. The SMILES string of the molecule is CCCC(=O)N(Cc1cccc(C)c1)[C@@H](Cc1ccccc1)C(=O)NC1CCCC1. The molecule has 0 aromatic heterocycles. The third-order valence-electron chi connectivity index (χ3n) is 5.87. The Morgan fingerprint density at radius 1 is 1.03 bits per heavy atom. The number of hydrogen-bond acceptors (Lipinski definition) is 2. The van der Waals surface area contributed by atoms with Crippen LogP contribution < -0.4 is 5.32 Å². The van der Waals surface area contributed by atoms with E-state index in [-0.39, 0.29) is 17.9 Å². The summed E-state index contributed by atoms with van der Waals surface area (Å²) >= 11 is 0. The Bertz CT molecular complexity index is 828. The molecule has 1 atom stereocenters. The van der Waals surface area contributed by atoms with Crippen molar-refractivity contribution in [2.75, 3.05) is 0 Å². The number of carbonyl (C=O) groups excluding carboxylic acids is 2. The van der Waals surface area contributed by atoms with E-state index >= 15 is 0 Å². The van der Waals surface area contributed by atoms with Crippen LogP contribution in [0.15, 0.2) is 54.6 Å². The monoisotopic (exact) mass is 406 g/mol. The highest BCUT2D eigenvalue weighted by molar-refractivity contribution is 5.88. The maximum absolute atomic E-state index is 13.4. The van der Waals surface area contributed by atoms with Crippen LogP contribution in [0.3, 0.4) is 0 Å². The minimum atomic E-state index is -0.507. The summed E-state index contributed by atoms with van der Waals surface area (Å²) in [6.45, 7) is 4.51. The van der Waals surface area contributed by atoms with E-state index < -0.39 is 6.04 Å². The van der Waals surface area contributed by atoms with Crippen molar-refractivity contribution in [2.24, 2.45) is 0 Å².